The highest BCUT2D eigenvalue weighted by Crippen LogP contribution is 2.17. The maximum atomic E-state index is 12.9. The van der Waals surface area contributed by atoms with Crippen molar-refractivity contribution < 1.29 is 28.6 Å². The minimum Gasteiger partial charge on any atom is -0.462 e. The molecule has 0 heterocycles. The second-order valence-corrected chi connectivity index (χ2v) is 22.3. The SMILES string of the molecule is CC/C=C\C/C=C\C/C=C\C/C=C\C/C=C\CCCC(=O)OC(COC(=O)CCCCCCC/C=C\CCCC)COC(=O)CCCCCCCCCCCCCCCCCCCCCCCC/C=C\C/C=C\C/C=C\C/C=C\CC. The van der Waals surface area contributed by atoms with Crippen LogP contribution >= 0.6 is 0 Å². The molecule has 0 amide bonds. The van der Waals surface area contributed by atoms with Gasteiger partial charge in [-0.3, -0.25) is 14.4 Å². The standard InChI is InChI=1S/C75H126O6/c1-4-7-10-13-16-19-22-24-26-28-29-30-31-32-33-34-35-36-37-38-39-40-41-42-43-44-45-47-48-50-53-56-59-62-65-68-74(77)80-71-72(70-79-73(76)67-64-61-58-55-52-21-18-15-12-9-6-3)81-75(78)69-66-63-60-57-54-51-49-46-27-25-23-20-17-14-11-8-5-2/h7-8,10-11,15-20,24-27,29-30,49,51,57,60,72H,4-6,9,12-14,21-23,28,31-48,50,52-56,58-59,61-71H2,1-3H3/b10-7-,11-8-,18-15-,19-16-,20-17-,26-24-,27-25-,30-29-,51-49-,60-57-. The van der Waals surface area contributed by atoms with Crippen LogP contribution in [0.15, 0.2) is 122 Å². The number of ether oxygens (including phenoxy) is 3. The first-order chi connectivity index (χ1) is 40.0. The molecule has 0 rings (SSSR count). The third kappa shape index (κ3) is 66.5. The zero-order valence-corrected chi connectivity index (χ0v) is 53.0. The molecular formula is C75H126O6. The first-order valence-corrected chi connectivity index (χ1v) is 34.0. The first-order valence-electron chi connectivity index (χ1n) is 34.0. The molecule has 1 atom stereocenters. The first kappa shape index (κ1) is 76.8. The van der Waals surface area contributed by atoms with E-state index in [0.29, 0.717) is 19.3 Å². The summed E-state index contributed by atoms with van der Waals surface area (Å²) in [6, 6.07) is 0. The normalized spacial score (nSPS) is 12.9. The quantitative estimate of drug-likeness (QED) is 0.0261. The van der Waals surface area contributed by atoms with Crippen molar-refractivity contribution in [3.8, 4) is 0 Å². The molecule has 0 aliphatic rings. The molecule has 1 unspecified atom stereocenters. The van der Waals surface area contributed by atoms with Crippen LogP contribution < -0.4 is 0 Å². The molecule has 0 bridgehead atoms. The lowest BCUT2D eigenvalue weighted by atomic mass is 10.0. The van der Waals surface area contributed by atoms with E-state index in [2.05, 4.69) is 142 Å². The van der Waals surface area contributed by atoms with Gasteiger partial charge in [0.15, 0.2) is 6.10 Å². The third-order valence-corrected chi connectivity index (χ3v) is 14.4. The summed E-state index contributed by atoms with van der Waals surface area (Å²) in [4.78, 5) is 38.2. The van der Waals surface area contributed by atoms with Crippen molar-refractivity contribution in [2.45, 2.75) is 322 Å². The third-order valence-electron chi connectivity index (χ3n) is 14.4. The molecule has 0 spiro atoms. The van der Waals surface area contributed by atoms with Crippen molar-refractivity contribution in [1.29, 1.82) is 0 Å². The molecule has 0 aromatic heterocycles. The topological polar surface area (TPSA) is 78.9 Å². The van der Waals surface area contributed by atoms with Crippen molar-refractivity contribution in [3.05, 3.63) is 122 Å². The Morgan fingerprint density at radius 3 is 0.802 bits per heavy atom. The predicted octanol–water partition coefficient (Wildman–Crippen LogP) is 23.6. The minimum atomic E-state index is -0.812. The van der Waals surface area contributed by atoms with Crippen LogP contribution in [0.2, 0.25) is 0 Å². The molecule has 0 aromatic rings. The molecule has 6 nitrogen and oxygen atoms in total. The number of carbonyl (C=O) groups excluding carboxylic acids is 3. The second kappa shape index (κ2) is 68.3. The number of esters is 3. The number of hydrogen-bond acceptors (Lipinski definition) is 6. The van der Waals surface area contributed by atoms with Gasteiger partial charge in [0.25, 0.3) is 0 Å². The van der Waals surface area contributed by atoms with Crippen molar-refractivity contribution in [2.24, 2.45) is 0 Å². The van der Waals surface area contributed by atoms with Gasteiger partial charge in [0.05, 0.1) is 0 Å². The lowest BCUT2D eigenvalue weighted by molar-refractivity contribution is -0.167. The molecule has 0 aromatic carbocycles. The van der Waals surface area contributed by atoms with Crippen LogP contribution in [0.4, 0.5) is 0 Å². The number of unbranched alkanes of at least 4 members (excludes halogenated alkanes) is 30. The minimum absolute atomic E-state index is 0.102. The van der Waals surface area contributed by atoms with Crippen LogP contribution in [-0.2, 0) is 28.6 Å². The lowest BCUT2D eigenvalue weighted by Crippen LogP contribution is -2.30. The Morgan fingerprint density at radius 2 is 0.494 bits per heavy atom. The molecule has 0 radical (unpaired) electrons. The van der Waals surface area contributed by atoms with E-state index in [1.54, 1.807) is 0 Å². The van der Waals surface area contributed by atoms with E-state index in [4.69, 9.17) is 14.2 Å². The fraction of sp³-hybridized carbons (Fsp3) is 0.693. The molecule has 0 saturated heterocycles. The summed E-state index contributed by atoms with van der Waals surface area (Å²) in [6.45, 7) is 6.34. The van der Waals surface area contributed by atoms with Gasteiger partial charge in [-0.05, 0) is 116 Å². The van der Waals surface area contributed by atoms with Crippen molar-refractivity contribution in [3.63, 3.8) is 0 Å². The van der Waals surface area contributed by atoms with E-state index < -0.39 is 6.10 Å². The second-order valence-electron chi connectivity index (χ2n) is 22.3. The fourth-order valence-corrected chi connectivity index (χ4v) is 9.39. The highest BCUT2D eigenvalue weighted by atomic mass is 16.6. The van der Waals surface area contributed by atoms with Crippen molar-refractivity contribution >= 4 is 17.9 Å². The van der Waals surface area contributed by atoms with Crippen LogP contribution in [0.3, 0.4) is 0 Å². The summed E-state index contributed by atoms with van der Waals surface area (Å²) in [5.74, 6) is -0.963. The molecule has 0 aliphatic heterocycles. The number of hydrogen-bond donors (Lipinski definition) is 0. The lowest BCUT2D eigenvalue weighted by Gasteiger charge is -2.18. The largest absolute Gasteiger partial charge is 0.462 e. The highest BCUT2D eigenvalue weighted by Gasteiger charge is 2.19. The Balaban J connectivity index is 4.13. The maximum absolute atomic E-state index is 12.9. The fourth-order valence-electron chi connectivity index (χ4n) is 9.39. The number of allylic oxidation sites excluding steroid dienone is 20. The smallest absolute Gasteiger partial charge is 0.306 e. The predicted molar refractivity (Wildman–Crippen MR) is 353 cm³/mol. The van der Waals surface area contributed by atoms with E-state index in [-0.39, 0.29) is 37.5 Å². The van der Waals surface area contributed by atoms with Gasteiger partial charge in [-0.1, -0.05) is 303 Å². The van der Waals surface area contributed by atoms with Gasteiger partial charge in [0.2, 0.25) is 0 Å². The van der Waals surface area contributed by atoms with E-state index in [1.807, 2.05) is 0 Å². The molecule has 81 heavy (non-hydrogen) atoms. The Labute approximate surface area is 501 Å². The van der Waals surface area contributed by atoms with Crippen LogP contribution in [0, 0.1) is 0 Å². The summed E-state index contributed by atoms with van der Waals surface area (Å²) in [6.07, 6.45) is 95.4. The molecule has 0 saturated carbocycles. The van der Waals surface area contributed by atoms with E-state index in [1.165, 1.54) is 154 Å². The molecular weight excluding hydrogens is 997 g/mol. The zero-order chi connectivity index (χ0) is 58.5. The van der Waals surface area contributed by atoms with E-state index in [0.717, 1.165) is 116 Å². The van der Waals surface area contributed by atoms with Gasteiger partial charge < -0.3 is 14.2 Å². The van der Waals surface area contributed by atoms with Crippen molar-refractivity contribution in [2.75, 3.05) is 13.2 Å². The van der Waals surface area contributed by atoms with Crippen LogP contribution in [-0.4, -0.2) is 37.2 Å². The monoisotopic (exact) mass is 1120 g/mol. The van der Waals surface area contributed by atoms with Gasteiger partial charge in [-0.15, -0.1) is 0 Å². The van der Waals surface area contributed by atoms with Crippen LogP contribution in [0.1, 0.15) is 316 Å². The van der Waals surface area contributed by atoms with Gasteiger partial charge >= 0.3 is 17.9 Å². The number of carbonyl (C=O) groups is 3. The Kier molecular flexibility index (Phi) is 64.8. The van der Waals surface area contributed by atoms with Gasteiger partial charge in [0, 0.05) is 19.3 Å². The average molecular weight is 1120 g/mol. The highest BCUT2D eigenvalue weighted by molar-refractivity contribution is 5.71. The van der Waals surface area contributed by atoms with E-state index >= 15 is 0 Å². The van der Waals surface area contributed by atoms with Gasteiger partial charge in [0.1, 0.15) is 13.2 Å². The molecule has 462 valence electrons. The maximum Gasteiger partial charge on any atom is 0.306 e. The average Bonchev–Trinajstić information content (AvgIpc) is 3.47. The molecule has 0 N–H and O–H groups in total. The Hall–Kier alpha value is -4.19. The molecule has 6 heteroatoms. The zero-order valence-electron chi connectivity index (χ0n) is 53.0. The molecule has 0 aliphatic carbocycles. The van der Waals surface area contributed by atoms with Crippen LogP contribution in [0.5, 0.6) is 0 Å². The van der Waals surface area contributed by atoms with Crippen LogP contribution in [0.25, 0.3) is 0 Å². The van der Waals surface area contributed by atoms with Gasteiger partial charge in [-0.2, -0.15) is 0 Å². The Morgan fingerprint density at radius 1 is 0.259 bits per heavy atom. The summed E-state index contributed by atoms with van der Waals surface area (Å²) in [5.41, 5.74) is 0. The summed E-state index contributed by atoms with van der Waals surface area (Å²) in [5, 5.41) is 0. The van der Waals surface area contributed by atoms with Crippen molar-refractivity contribution in [1.82, 2.24) is 0 Å². The van der Waals surface area contributed by atoms with E-state index in [9.17, 15) is 14.4 Å². The Bertz CT molecular complexity index is 1670. The summed E-state index contributed by atoms with van der Waals surface area (Å²) >= 11 is 0. The molecule has 0 fully saturated rings. The van der Waals surface area contributed by atoms with Gasteiger partial charge in [-0.25, -0.2) is 0 Å². The summed E-state index contributed by atoms with van der Waals surface area (Å²) < 4.78 is 16.8. The summed E-state index contributed by atoms with van der Waals surface area (Å²) in [7, 11) is 0. The number of rotatable bonds is 61.